The van der Waals surface area contributed by atoms with Crippen molar-refractivity contribution in [2.75, 3.05) is 19.7 Å². The summed E-state index contributed by atoms with van der Waals surface area (Å²) in [5.41, 5.74) is 10.6. The highest BCUT2D eigenvalue weighted by Crippen LogP contribution is 2.39. The van der Waals surface area contributed by atoms with E-state index in [2.05, 4.69) is 15.0 Å². The van der Waals surface area contributed by atoms with Crippen LogP contribution in [-0.2, 0) is 4.74 Å². The number of nitrogens with zero attached hydrogens (tertiary/aromatic N) is 2. The number of likely N-dealkylation sites (tertiary alicyclic amines) is 1. The fourth-order valence-electron chi connectivity index (χ4n) is 4.66. The van der Waals surface area contributed by atoms with Crippen molar-refractivity contribution in [1.29, 1.82) is 0 Å². The van der Waals surface area contributed by atoms with E-state index in [1.54, 1.807) is 0 Å². The van der Waals surface area contributed by atoms with Crippen LogP contribution < -0.4 is 26.3 Å². The highest BCUT2D eigenvalue weighted by atomic mass is 19.3. The summed E-state index contributed by atoms with van der Waals surface area (Å²) in [5, 5.41) is 2.91. The summed E-state index contributed by atoms with van der Waals surface area (Å²) in [6.07, 6.45) is 1.07. The Balaban J connectivity index is 1.68. The number of oxazole rings is 1. The fourth-order valence-corrected chi connectivity index (χ4v) is 4.66. The number of halogens is 2. The monoisotopic (exact) mass is 593 g/mol. The average Bonchev–Trinajstić information content (AvgIpc) is 3.61. The Morgan fingerprint density at radius 3 is 2.38 bits per heavy atom. The number of benzene rings is 1. The summed E-state index contributed by atoms with van der Waals surface area (Å²) in [5.74, 6) is -0.344. The van der Waals surface area contributed by atoms with Gasteiger partial charge in [-0.2, -0.15) is 8.78 Å². The normalized spacial score (nSPS) is 16.7. The van der Waals surface area contributed by atoms with Gasteiger partial charge >= 0.3 is 18.7 Å². The lowest BCUT2D eigenvalue weighted by Crippen LogP contribution is -2.48. The minimum Gasteiger partial charge on any atom is -0.489 e. The Morgan fingerprint density at radius 2 is 1.81 bits per heavy atom. The third kappa shape index (κ3) is 8.46. The number of nitrogens with one attached hydrogen (secondary N) is 1. The molecule has 2 heterocycles. The molecule has 0 spiro atoms. The van der Waals surface area contributed by atoms with Crippen LogP contribution in [0.4, 0.5) is 18.4 Å². The van der Waals surface area contributed by atoms with E-state index in [1.165, 1.54) is 23.1 Å². The highest BCUT2D eigenvalue weighted by Gasteiger charge is 2.34. The topological polar surface area (TPSA) is 172 Å². The standard InChI is InChI=1S/C28H37F2N5O7/c1-28(2,3)13-20(41-27(32)38)22-21(23(36)33-17-8-10-35(11-9-17)26(31)37)34-24(42-22)16-6-7-18(40-25(29)30)19(12-16)39-14-15-4-5-15/h6-7,12,15,17,20,25H,4-5,8-11,13-14H2,1-3H3,(H2,31,37)(H2,32,38)(H,33,36)/t20-/m0/s1. The molecule has 1 aromatic heterocycles. The van der Waals surface area contributed by atoms with Crippen molar-refractivity contribution < 1.29 is 41.8 Å². The van der Waals surface area contributed by atoms with Crippen LogP contribution in [0.2, 0.25) is 0 Å². The van der Waals surface area contributed by atoms with Gasteiger partial charge in [0.05, 0.1) is 6.61 Å². The van der Waals surface area contributed by atoms with E-state index >= 15 is 0 Å². The third-order valence-electron chi connectivity index (χ3n) is 6.94. The van der Waals surface area contributed by atoms with Crippen LogP contribution in [0.5, 0.6) is 11.5 Å². The predicted molar refractivity (Wildman–Crippen MR) is 146 cm³/mol. The first kappa shape index (κ1) is 30.8. The molecule has 1 saturated heterocycles. The number of aromatic nitrogens is 1. The second kappa shape index (κ2) is 12.8. The maximum atomic E-state index is 13.5. The molecule has 4 rings (SSSR count). The van der Waals surface area contributed by atoms with Gasteiger partial charge in [0.15, 0.2) is 29.1 Å². The summed E-state index contributed by atoms with van der Waals surface area (Å²) < 4.78 is 47.9. The molecule has 42 heavy (non-hydrogen) atoms. The second-order valence-corrected chi connectivity index (χ2v) is 11.8. The Hall–Kier alpha value is -4.10. The van der Waals surface area contributed by atoms with Crippen LogP contribution in [0, 0.1) is 11.3 Å². The number of ether oxygens (including phenoxy) is 3. The average molecular weight is 594 g/mol. The summed E-state index contributed by atoms with van der Waals surface area (Å²) in [7, 11) is 0. The number of carbonyl (C=O) groups is 3. The molecule has 0 unspecified atom stereocenters. The van der Waals surface area contributed by atoms with Gasteiger partial charge in [-0.3, -0.25) is 4.79 Å². The first-order chi connectivity index (χ1) is 19.8. The second-order valence-electron chi connectivity index (χ2n) is 11.8. The molecule has 2 aliphatic rings. The van der Waals surface area contributed by atoms with Gasteiger partial charge in [0.1, 0.15) is 0 Å². The number of hydrogen-bond acceptors (Lipinski definition) is 8. The van der Waals surface area contributed by atoms with Crippen LogP contribution >= 0.6 is 0 Å². The predicted octanol–water partition coefficient (Wildman–Crippen LogP) is 4.58. The van der Waals surface area contributed by atoms with E-state index < -0.39 is 30.7 Å². The van der Waals surface area contributed by atoms with Crippen molar-refractivity contribution >= 4 is 18.0 Å². The summed E-state index contributed by atoms with van der Waals surface area (Å²) in [6, 6.07) is 3.42. The zero-order valence-corrected chi connectivity index (χ0v) is 23.9. The first-order valence-corrected chi connectivity index (χ1v) is 13.8. The van der Waals surface area contributed by atoms with Gasteiger partial charge in [0, 0.05) is 24.7 Å². The zero-order valence-electron chi connectivity index (χ0n) is 23.9. The van der Waals surface area contributed by atoms with E-state index in [0.717, 1.165) is 12.8 Å². The number of rotatable bonds is 11. The van der Waals surface area contributed by atoms with Crippen molar-refractivity contribution in [2.24, 2.45) is 22.8 Å². The molecule has 1 aliphatic heterocycles. The molecule has 4 amide bonds. The highest BCUT2D eigenvalue weighted by molar-refractivity contribution is 5.94. The van der Waals surface area contributed by atoms with Gasteiger partial charge in [-0.15, -0.1) is 0 Å². The number of hydrogen-bond donors (Lipinski definition) is 3. The van der Waals surface area contributed by atoms with Crippen molar-refractivity contribution in [3.63, 3.8) is 0 Å². The maximum absolute atomic E-state index is 13.5. The molecule has 0 radical (unpaired) electrons. The Morgan fingerprint density at radius 1 is 1.12 bits per heavy atom. The molecule has 14 heteroatoms. The number of carbonyl (C=O) groups excluding carboxylic acids is 3. The fraction of sp³-hybridized carbons (Fsp3) is 0.571. The van der Waals surface area contributed by atoms with E-state index in [-0.39, 0.29) is 46.7 Å². The minimum atomic E-state index is -3.05. The molecule has 12 nitrogen and oxygen atoms in total. The summed E-state index contributed by atoms with van der Waals surface area (Å²) >= 11 is 0. The van der Waals surface area contributed by atoms with E-state index in [4.69, 9.17) is 25.4 Å². The van der Waals surface area contributed by atoms with Gasteiger partial charge in [-0.05, 0) is 61.6 Å². The molecule has 2 fully saturated rings. The largest absolute Gasteiger partial charge is 0.489 e. The molecule has 1 aromatic carbocycles. The van der Waals surface area contributed by atoms with E-state index in [0.29, 0.717) is 44.0 Å². The van der Waals surface area contributed by atoms with Crippen LogP contribution in [0.1, 0.15) is 75.2 Å². The SMILES string of the molecule is CC(C)(C)C[C@H](OC(N)=O)c1oc(-c2ccc(OC(F)F)c(OCC3CC3)c2)nc1C(=O)NC1CCN(C(N)=O)CC1. The van der Waals surface area contributed by atoms with E-state index in [1.807, 2.05) is 20.8 Å². The molecular weight excluding hydrogens is 556 g/mol. The van der Waals surface area contributed by atoms with Crippen molar-refractivity contribution in [3.8, 4) is 23.0 Å². The number of piperidine rings is 1. The van der Waals surface area contributed by atoms with Gasteiger partial charge in [0.2, 0.25) is 5.89 Å². The smallest absolute Gasteiger partial charge is 0.405 e. The zero-order chi connectivity index (χ0) is 30.6. The van der Waals surface area contributed by atoms with Crippen LogP contribution in [0.15, 0.2) is 22.6 Å². The number of alkyl halides is 2. The number of primary amides is 2. The van der Waals surface area contributed by atoms with Gasteiger partial charge in [-0.25, -0.2) is 14.6 Å². The van der Waals surface area contributed by atoms with Crippen LogP contribution in [0.25, 0.3) is 11.5 Å². The lowest BCUT2D eigenvalue weighted by Gasteiger charge is -2.31. The quantitative estimate of drug-likeness (QED) is 0.340. The van der Waals surface area contributed by atoms with Crippen molar-refractivity contribution in [1.82, 2.24) is 15.2 Å². The number of amides is 4. The Labute approximate surface area is 242 Å². The number of urea groups is 1. The molecule has 0 bridgehead atoms. The molecule has 230 valence electrons. The minimum absolute atomic E-state index is 0.0147. The molecule has 1 aliphatic carbocycles. The Kier molecular flexibility index (Phi) is 9.42. The molecule has 5 N–H and O–H groups in total. The van der Waals surface area contributed by atoms with Crippen LogP contribution in [-0.4, -0.2) is 60.3 Å². The molecular formula is C28H37F2N5O7. The summed E-state index contributed by atoms with van der Waals surface area (Å²) in [4.78, 5) is 42.8. The van der Waals surface area contributed by atoms with Gasteiger partial charge < -0.3 is 40.3 Å². The van der Waals surface area contributed by atoms with Crippen LogP contribution in [0.3, 0.4) is 0 Å². The van der Waals surface area contributed by atoms with Crippen molar-refractivity contribution in [3.05, 3.63) is 29.7 Å². The number of nitrogens with two attached hydrogens (primary N) is 2. The lowest BCUT2D eigenvalue weighted by molar-refractivity contribution is -0.0515. The first-order valence-electron chi connectivity index (χ1n) is 13.8. The molecule has 1 atom stereocenters. The van der Waals surface area contributed by atoms with Crippen molar-refractivity contribution in [2.45, 2.75) is 71.6 Å². The van der Waals surface area contributed by atoms with Gasteiger partial charge in [0.25, 0.3) is 5.91 Å². The van der Waals surface area contributed by atoms with E-state index in [9.17, 15) is 23.2 Å². The Bertz CT molecular complexity index is 1280. The molecule has 1 saturated carbocycles. The van der Waals surface area contributed by atoms with Gasteiger partial charge in [-0.1, -0.05) is 20.8 Å². The molecule has 2 aromatic rings. The maximum Gasteiger partial charge on any atom is 0.405 e. The third-order valence-corrected chi connectivity index (χ3v) is 6.94. The summed E-state index contributed by atoms with van der Waals surface area (Å²) in [6.45, 7) is 3.79. The lowest BCUT2D eigenvalue weighted by atomic mass is 9.88.